The third kappa shape index (κ3) is 1.99. The molecule has 1 aliphatic heterocycles. The van der Waals surface area contributed by atoms with Crippen LogP contribution in [0.4, 0.5) is 0 Å². The Hall–Kier alpha value is -1.13. The van der Waals surface area contributed by atoms with Crippen molar-refractivity contribution in [3.05, 3.63) is 50.1 Å². The maximum Gasteiger partial charge on any atom is 0.214 e. The summed E-state index contributed by atoms with van der Waals surface area (Å²) < 4.78 is 6.59. The van der Waals surface area contributed by atoms with E-state index in [4.69, 9.17) is 4.74 Å². The number of rotatable bonds is 2. The molecule has 1 aliphatic rings. The number of fused-ring (bicyclic) bond motifs is 1. The molecule has 0 bridgehead atoms. The third-order valence-electron chi connectivity index (χ3n) is 2.97. The highest BCUT2D eigenvalue weighted by molar-refractivity contribution is 9.10. The molecule has 2 nitrogen and oxygen atoms in total. The van der Waals surface area contributed by atoms with Crippen LogP contribution >= 0.6 is 27.3 Å². The number of hydrogen-bond acceptors (Lipinski definition) is 3. The number of benzene rings is 1. The van der Waals surface area contributed by atoms with Gasteiger partial charge in [-0.05, 0) is 40.5 Å². The van der Waals surface area contributed by atoms with Crippen molar-refractivity contribution < 1.29 is 9.53 Å². The Morgan fingerprint density at radius 1 is 1.44 bits per heavy atom. The van der Waals surface area contributed by atoms with E-state index in [1.165, 1.54) is 11.3 Å². The van der Waals surface area contributed by atoms with Gasteiger partial charge in [0.2, 0.25) is 5.78 Å². The highest BCUT2D eigenvalue weighted by Crippen LogP contribution is 2.33. The summed E-state index contributed by atoms with van der Waals surface area (Å²) >= 11 is 4.95. The van der Waals surface area contributed by atoms with Crippen molar-refractivity contribution in [2.75, 3.05) is 0 Å². The van der Waals surface area contributed by atoms with Crippen LogP contribution in [0.1, 0.15) is 20.1 Å². The number of hydrogen-bond donors (Lipinski definition) is 0. The lowest BCUT2D eigenvalue weighted by atomic mass is 10.1. The molecule has 0 aliphatic carbocycles. The molecule has 0 amide bonds. The van der Waals surface area contributed by atoms with E-state index >= 15 is 0 Å². The highest BCUT2D eigenvalue weighted by atomic mass is 79.9. The molecule has 1 unspecified atom stereocenters. The van der Waals surface area contributed by atoms with E-state index in [9.17, 15) is 4.79 Å². The average molecular weight is 323 g/mol. The third-order valence-corrected chi connectivity index (χ3v) is 4.93. The standard InChI is InChI=1S/C14H11BrO2S/c1-8-6-10(15)14(18-8)13(16)12-7-9-4-2-3-5-11(9)17-12/h2-6,12H,7H2,1H3. The predicted octanol–water partition coefficient (Wildman–Crippen LogP) is 4.01. The average Bonchev–Trinajstić information content (AvgIpc) is 2.91. The monoisotopic (exact) mass is 322 g/mol. The molecule has 1 aromatic carbocycles. The summed E-state index contributed by atoms with van der Waals surface area (Å²) in [5.41, 5.74) is 1.11. The zero-order valence-electron chi connectivity index (χ0n) is 9.77. The molecule has 18 heavy (non-hydrogen) atoms. The Bertz CT molecular complexity index is 593. The summed E-state index contributed by atoms with van der Waals surface area (Å²) in [5.74, 6) is 0.899. The van der Waals surface area contributed by atoms with Gasteiger partial charge >= 0.3 is 0 Å². The van der Waals surface area contributed by atoms with Crippen molar-refractivity contribution in [2.24, 2.45) is 0 Å². The number of carbonyl (C=O) groups excluding carboxylic acids is 1. The largest absolute Gasteiger partial charge is 0.482 e. The zero-order valence-corrected chi connectivity index (χ0v) is 12.2. The predicted molar refractivity (Wildman–Crippen MR) is 75.6 cm³/mol. The van der Waals surface area contributed by atoms with Gasteiger partial charge in [-0.1, -0.05) is 18.2 Å². The summed E-state index contributed by atoms with van der Waals surface area (Å²) in [6, 6.07) is 9.80. The topological polar surface area (TPSA) is 26.3 Å². The van der Waals surface area contributed by atoms with Crippen molar-refractivity contribution in [3.8, 4) is 5.75 Å². The molecule has 1 atom stereocenters. The fraction of sp³-hybridized carbons (Fsp3) is 0.214. The molecule has 4 heteroatoms. The number of thiophene rings is 1. The van der Waals surface area contributed by atoms with Gasteiger partial charge in [0.25, 0.3) is 0 Å². The minimum Gasteiger partial charge on any atom is -0.482 e. The quantitative estimate of drug-likeness (QED) is 0.781. The maximum atomic E-state index is 12.4. The molecule has 3 rings (SSSR count). The van der Waals surface area contributed by atoms with Gasteiger partial charge in [0.1, 0.15) is 5.75 Å². The van der Waals surface area contributed by atoms with Crippen molar-refractivity contribution in [3.63, 3.8) is 0 Å². The van der Waals surface area contributed by atoms with E-state index in [0.717, 1.165) is 25.5 Å². The highest BCUT2D eigenvalue weighted by Gasteiger charge is 2.31. The first kappa shape index (κ1) is 11.9. The Morgan fingerprint density at radius 2 is 2.22 bits per heavy atom. The first-order valence-corrected chi connectivity index (χ1v) is 7.31. The molecule has 0 spiro atoms. The molecule has 0 fully saturated rings. The Kier molecular flexibility index (Phi) is 2.99. The second kappa shape index (κ2) is 4.52. The van der Waals surface area contributed by atoms with Crippen LogP contribution in [-0.4, -0.2) is 11.9 Å². The summed E-state index contributed by atoms with van der Waals surface area (Å²) in [6.45, 7) is 2.00. The van der Waals surface area contributed by atoms with Crippen molar-refractivity contribution in [1.29, 1.82) is 0 Å². The maximum absolute atomic E-state index is 12.4. The van der Waals surface area contributed by atoms with E-state index < -0.39 is 0 Å². The van der Waals surface area contributed by atoms with Crippen LogP contribution in [-0.2, 0) is 6.42 Å². The fourth-order valence-electron chi connectivity index (χ4n) is 2.13. The molecule has 0 saturated carbocycles. The Labute approximate surface area is 118 Å². The summed E-state index contributed by atoms with van der Waals surface area (Å²) in [5, 5.41) is 0. The fourth-order valence-corrected chi connectivity index (χ4v) is 3.95. The number of Topliss-reactive ketones (excluding diaryl/α,β-unsaturated/α-hetero) is 1. The van der Waals surface area contributed by atoms with Crippen LogP contribution in [0.2, 0.25) is 0 Å². The molecule has 92 valence electrons. The summed E-state index contributed by atoms with van der Waals surface area (Å²) in [7, 11) is 0. The number of para-hydroxylation sites is 1. The SMILES string of the molecule is Cc1cc(Br)c(C(=O)C2Cc3ccccc3O2)s1. The normalized spacial score (nSPS) is 17.3. The van der Waals surface area contributed by atoms with Gasteiger partial charge in [0.15, 0.2) is 6.10 Å². The lowest BCUT2D eigenvalue weighted by molar-refractivity contribution is 0.0828. The van der Waals surface area contributed by atoms with Crippen molar-refractivity contribution in [2.45, 2.75) is 19.4 Å². The molecule has 0 N–H and O–H groups in total. The van der Waals surface area contributed by atoms with Crippen LogP contribution in [0, 0.1) is 6.92 Å². The van der Waals surface area contributed by atoms with Gasteiger partial charge in [-0.3, -0.25) is 4.79 Å². The van der Waals surface area contributed by atoms with E-state index in [2.05, 4.69) is 15.9 Å². The molecule has 1 aromatic heterocycles. The van der Waals surface area contributed by atoms with Crippen LogP contribution < -0.4 is 4.74 Å². The molecule has 0 radical (unpaired) electrons. The van der Waals surface area contributed by atoms with Crippen molar-refractivity contribution in [1.82, 2.24) is 0 Å². The van der Waals surface area contributed by atoms with Crippen LogP contribution in [0.3, 0.4) is 0 Å². The molecule has 2 heterocycles. The zero-order chi connectivity index (χ0) is 12.7. The van der Waals surface area contributed by atoms with E-state index in [-0.39, 0.29) is 11.9 Å². The number of ether oxygens (including phenoxy) is 1. The number of aryl methyl sites for hydroxylation is 1. The van der Waals surface area contributed by atoms with E-state index in [0.29, 0.717) is 6.42 Å². The van der Waals surface area contributed by atoms with Gasteiger partial charge in [0.05, 0.1) is 4.88 Å². The van der Waals surface area contributed by atoms with Gasteiger partial charge in [-0.2, -0.15) is 0 Å². The van der Waals surface area contributed by atoms with Crippen LogP contribution in [0.25, 0.3) is 0 Å². The minimum atomic E-state index is -0.378. The first-order chi connectivity index (χ1) is 8.65. The smallest absolute Gasteiger partial charge is 0.214 e. The van der Waals surface area contributed by atoms with E-state index in [1.807, 2.05) is 37.3 Å². The molecule has 0 saturated heterocycles. The molecule has 2 aromatic rings. The number of ketones is 1. The van der Waals surface area contributed by atoms with E-state index in [1.54, 1.807) is 0 Å². The van der Waals surface area contributed by atoms with Gasteiger partial charge < -0.3 is 4.74 Å². The second-order valence-electron chi connectivity index (χ2n) is 4.32. The first-order valence-electron chi connectivity index (χ1n) is 5.70. The van der Waals surface area contributed by atoms with Gasteiger partial charge in [-0.15, -0.1) is 11.3 Å². The second-order valence-corrected chi connectivity index (χ2v) is 6.43. The Morgan fingerprint density at radius 3 is 2.89 bits per heavy atom. The van der Waals surface area contributed by atoms with Crippen LogP contribution in [0.5, 0.6) is 5.75 Å². The Balaban J connectivity index is 1.87. The molecular formula is C14H11BrO2S. The lowest BCUT2D eigenvalue weighted by Crippen LogP contribution is -2.24. The minimum absolute atomic E-state index is 0.0659. The number of carbonyl (C=O) groups is 1. The lowest BCUT2D eigenvalue weighted by Gasteiger charge is -2.08. The van der Waals surface area contributed by atoms with Crippen LogP contribution in [0.15, 0.2) is 34.8 Å². The summed E-state index contributed by atoms with van der Waals surface area (Å²) in [6.07, 6.45) is 0.287. The molecular weight excluding hydrogens is 312 g/mol. The van der Waals surface area contributed by atoms with Gasteiger partial charge in [0, 0.05) is 15.8 Å². The summed E-state index contributed by atoms with van der Waals surface area (Å²) in [4.78, 5) is 14.3. The number of halogens is 1. The van der Waals surface area contributed by atoms with Crippen molar-refractivity contribution >= 4 is 33.0 Å². The van der Waals surface area contributed by atoms with Gasteiger partial charge in [-0.25, -0.2) is 0 Å².